The standard InChI is InChI=1S/C23H22Cl2N2O/c24-19-9-8-16(12-20(19)25)14-23(10-4-1-5-11-23)22(28)27-18-13-17-6-2-3-7-21(17)26-15-18/h2-3,6-9,12-13,15H,1,4-5,10-11,14H2,(H,27,28). The molecular formula is C23H22Cl2N2O. The van der Waals surface area contributed by atoms with Gasteiger partial charge in [-0.2, -0.15) is 0 Å². The van der Waals surface area contributed by atoms with Crippen molar-refractivity contribution in [2.75, 3.05) is 5.32 Å². The Labute approximate surface area is 175 Å². The molecule has 1 aliphatic rings. The zero-order valence-electron chi connectivity index (χ0n) is 15.6. The van der Waals surface area contributed by atoms with Gasteiger partial charge in [-0.3, -0.25) is 9.78 Å². The molecule has 0 saturated heterocycles. The van der Waals surface area contributed by atoms with Crippen LogP contribution in [-0.2, 0) is 11.2 Å². The Kier molecular flexibility index (Phi) is 5.56. The van der Waals surface area contributed by atoms with E-state index in [9.17, 15) is 4.79 Å². The van der Waals surface area contributed by atoms with Gasteiger partial charge in [-0.05, 0) is 49.1 Å². The van der Waals surface area contributed by atoms with E-state index in [0.717, 1.165) is 47.8 Å². The van der Waals surface area contributed by atoms with Crippen LogP contribution in [0.1, 0.15) is 37.7 Å². The van der Waals surface area contributed by atoms with Gasteiger partial charge in [-0.1, -0.05) is 66.7 Å². The second kappa shape index (κ2) is 8.10. The van der Waals surface area contributed by atoms with Crippen LogP contribution in [0.5, 0.6) is 0 Å². The molecule has 28 heavy (non-hydrogen) atoms. The fraction of sp³-hybridized carbons (Fsp3) is 0.304. The van der Waals surface area contributed by atoms with Crippen molar-refractivity contribution in [3.8, 4) is 0 Å². The van der Waals surface area contributed by atoms with Crippen LogP contribution >= 0.6 is 23.2 Å². The summed E-state index contributed by atoms with van der Waals surface area (Å²) in [4.78, 5) is 17.8. The highest BCUT2D eigenvalue weighted by Gasteiger charge is 2.39. The second-order valence-electron chi connectivity index (χ2n) is 7.64. The van der Waals surface area contributed by atoms with Crippen LogP contribution in [0.2, 0.25) is 10.0 Å². The van der Waals surface area contributed by atoms with Crippen molar-refractivity contribution >= 4 is 45.7 Å². The SMILES string of the molecule is O=C(Nc1cnc2ccccc2c1)C1(Cc2ccc(Cl)c(Cl)c2)CCCCC1. The maximum atomic E-state index is 13.4. The first-order chi connectivity index (χ1) is 13.6. The van der Waals surface area contributed by atoms with Gasteiger partial charge in [0.25, 0.3) is 0 Å². The van der Waals surface area contributed by atoms with Crippen LogP contribution < -0.4 is 5.32 Å². The van der Waals surface area contributed by atoms with Crippen molar-refractivity contribution in [3.63, 3.8) is 0 Å². The molecule has 1 N–H and O–H groups in total. The molecule has 0 aliphatic heterocycles. The third kappa shape index (κ3) is 4.01. The van der Waals surface area contributed by atoms with Gasteiger partial charge >= 0.3 is 0 Å². The van der Waals surface area contributed by atoms with Crippen LogP contribution in [0.25, 0.3) is 10.9 Å². The number of halogens is 2. The number of hydrogen-bond acceptors (Lipinski definition) is 2. The molecule has 1 aromatic heterocycles. The van der Waals surface area contributed by atoms with E-state index in [0.29, 0.717) is 16.5 Å². The lowest BCUT2D eigenvalue weighted by Crippen LogP contribution is -2.40. The number of nitrogens with zero attached hydrogens (tertiary/aromatic N) is 1. The van der Waals surface area contributed by atoms with E-state index in [4.69, 9.17) is 23.2 Å². The van der Waals surface area contributed by atoms with E-state index in [1.54, 1.807) is 12.3 Å². The Bertz CT molecular complexity index is 1010. The van der Waals surface area contributed by atoms with Gasteiger partial charge in [0.05, 0.1) is 32.9 Å². The number of amides is 1. The van der Waals surface area contributed by atoms with E-state index in [-0.39, 0.29) is 5.91 Å². The summed E-state index contributed by atoms with van der Waals surface area (Å²) in [7, 11) is 0. The van der Waals surface area contributed by atoms with Gasteiger partial charge in [0.2, 0.25) is 5.91 Å². The number of hydrogen-bond donors (Lipinski definition) is 1. The molecule has 1 fully saturated rings. The molecule has 1 aliphatic carbocycles. The summed E-state index contributed by atoms with van der Waals surface area (Å²) in [6, 6.07) is 15.5. The minimum Gasteiger partial charge on any atom is -0.324 e. The van der Waals surface area contributed by atoms with Gasteiger partial charge in [0.15, 0.2) is 0 Å². The first-order valence-electron chi connectivity index (χ1n) is 9.66. The fourth-order valence-electron chi connectivity index (χ4n) is 4.16. The van der Waals surface area contributed by atoms with E-state index in [2.05, 4.69) is 10.3 Å². The third-order valence-corrected chi connectivity index (χ3v) is 6.41. The molecule has 0 bridgehead atoms. The molecule has 3 aromatic rings. The molecule has 0 spiro atoms. The van der Waals surface area contributed by atoms with E-state index in [1.807, 2.05) is 42.5 Å². The number of pyridine rings is 1. The van der Waals surface area contributed by atoms with Crippen LogP contribution in [0.3, 0.4) is 0 Å². The Hall–Kier alpha value is -2.10. The molecule has 1 saturated carbocycles. The number of benzene rings is 2. The summed E-state index contributed by atoms with van der Waals surface area (Å²) in [6.07, 6.45) is 7.44. The molecule has 1 amide bonds. The van der Waals surface area contributed by atoms with Crippen molar-refractivity contribution in [2.45, 2.75) is 38.5 Å². The normalized spacial score (nSPS) is 16.1. The number of fused-ring (bicyclic) bond motifs is 1. The van der Waals surface area contributed by atoms with Crippen molar-refractivity contribution in [1.82, 2.24) is 4.98 Å². The minimum atomic E-state index is -0.430. The lowest BCUT2D eigenvalue weighted by atomic mass is 9.69. The molecule has 4 rings (SSSR count). The summed E-state index contributed by atoms with van der Waals surface area (Å²) in [6.45, 7) is 0. The van der Waals surface area contributed by atoms with Crippen LogP contribution in [0, 0.1) is 5.41 Å². The number of carbonyl (C=O) groups is 1. The lowest BCUT2D eigenvalue weighted by molar-refractivity contribution is -0.127. The Morgan fingerprint density at radius 3 is 2.57 bits per heavy atom. The summed E-state index contributed by atoms with van der Waals surface area (Å²) in [5.74, 6) is 0.0651. The van der Waals surface area contributed by atoms with Crippen LogP contribution in [0.4, 0.5) is 5.69 Å². The topological polar surface area (TPSA) is 42.0 Å². The first-order valence-corrected chi connectivity index (χ1v) is 10.4. The Morgan fingerprint density at radius 2 is 1.79 bits per heavy atom. The van der Waals surface area contributed by atoms with Crippen molar-refractivity contribution in [1.29, 1.82) is 0 Å². The van der Waals surface area contributed by atoms with Crippen LogP contribution in [-0.4, -0.2) is 10.9 Å². The molecule has 0 unspecified atom stereocenters. The maximum Gasteiger partial charge on any atom is 0.230 e. The summed E-state index contributed by atoms with van der Waals surface area (Å²) >= 11 is 12.3. The van der Waals surface area contributed by atoms with Crippen molar-refractivity contribution in [3.05, 3.63) is 70.3 Å². The number of aromatic nitrogens is 1. The zero-order valence-corrected chi connectivity index (χ0v) is 17.1. The molecule has 0 radical (unpaired) electrons. The quantitative estimate of drug-likeness (QED) is 0.519. The average Bonchev–Trinajstić information content (AvgIpc) is 2.71. The monoisotopic (exact) mass is 412 g/mol. The molecular weight excluding hydrogens is 391 g/mol. The smallest absolute Gasteiger partial charge is 0.230 e. The molecule has 0 atom stereocenters. The molecule has 3 nitrogen and oxygen atoms in total. The zero-order chi connectivity index (χ0) is 19.6. The highest BCUT2D eigenvalue weighted by molar-refractivity contribution is 6.42. The minimum absolute atomic E-state index is 0.0651. The van der Waals surface area contributed by atoms with E-state index >= 15 is 0 Å². The molecule has 1 heterocycles. The first kappa shape index (κ1) is 19.2. The Morgan fingerprint density at radius 1 is 1.00 bits per heavy atom. The average molecular weight is 413 g/mol. The lowest BCUT2D eigenvalue weighted by Gasteiger charge is -2.36. The van der Waals surface area contributed by atoms with Gasteiger partial charge in [-0.25, -0.2) is 0 Å². The maximum absolute atomic E-state index is 13.4. The number of nitrogens with one attached hydrogen (secondary N) is 1. The van der Waals surface area contributed by atoms with Gasteiger partial charge in [-0.15, -0.1) is 0 Å². The molecule has 2 aromatic carbocycles. The molecule has 144 valence electrons. The van der Waals surface area contributed by atoms with Gasteiger partial charge in [0.1, 0.15) is 0 Å². The number of para-hydroxylation sites is 1. The third-order valence-electron chi connectivity index (χ3n) is 5.67. The summed E-state index contributed by atoms with van der Waals surface area (Å²) in [5.41, 5.74) is 2.27. The fourth-order valence-corrected chi connectivity index (χ4v) is 4.48. The van der Waals surface area contributed by atoms with Crippen molar-refractivity contribution < 1.29 is 4.79 Å². The Balaban J connectivity index is 1.60. The predicted octanol–water partition coefficient (Wildman–Crippen LogP) is 6.67. The summed E-state index contributed by atoms with van der Waals surface area (Å²) < 4.78 is 0. The predicted molar refractivity (Wildman–Crippen MR) is 116 cm³/mol. The highest BCUT2D eigenvalue weighted by Crippen LogP contribution is 2.41. The van der Waals surface area contributed by atoms with E-state index < -0.39 is 5.41 Å². The number of anilines is 1. The van der Waals surface area contributed by atoms with Gasteiger partial charge in [0, 0.05) is 5.39 Å². The largest absolute Gasteiger partial charge is 0.324 e. The second-order valence-corrected chi connectivity index (χ2v) is 8.45. The van der Waals surface area contributed by atoms with Crippen molar-refractivity contribution in [2.24, 2.45) is 5.41 Å². The van der Waals surface area contributed by atoms with E-state index in [1.165, 1.54) is 6.42 Å². The number of carbonyl (C=O) groups excluding carboxylic acids is 1. The van der Waals surface area contributed by atoms with Crippen LogP contribution in [0.15, 0.2) is 54.7 Å². The highest BCUT2D eigenvalue weighted by atomic mass is 35.5. The molecule has 5 heteroatoms. The van der Waals surface area contributed by atoms with Gasteiger partial charge < -0.3 is 5.32 Å². The number of rotatable bonds is 4. The summed E-state index contributed by atoms with van der Waals surface area (Å²) in [5, 5.41) is 5.22.